The quantitative estimate of drug-likeness (QED) is 0.467. The van der Waals surface area contributed by atoms with Crippen LogP contribution in [0.1, 0.15) is 47.8 Å². The topological polar surface area (TPSA) is 89.0 Å². The molecule has 0 aliphatic carbocycles. The summed E-state index contributed by atoms with van der Waals surface area (Å²) < 4.78 is 3.83. The molecule has 2 aromatic heterocycles. The second kappa shape index (κ2) is 9.02. The number of benzene rings is 2. The number of fused-ring (bicyclic) bond motifs is 1. The second-order valence-corrected chi connectivity index (χ2v) is 8.34. The maximum atomic E-state index is 9.85. The normalized spacial score (nSPS) is 16.6. The van der Waals surface area contributed by atoms with E-state index in [9.17, 15) is 10.2 Å². The lowest BCUT2D eigenvalue weighted by atomic mass is 9.95. The van der Waals surface area contributed by atoms with Crippen molar-refractivity contribution in [1.29, 1.82) is 0 Å². The first-order valence-corrected chi connectivity index (χ1v) is 11.0. The molecule has 0 amide bonds. The van der Waals surface area contributed by atoms with E-state index in [1.165, 1.54) is 5.56 Å². The van der Waals surface area contributed by atoms with Gasteiger partial charge in [0.2, 0.25) is 0 Å². The Morgan fingerprint density at radius 2 is 1.82 bits per heavy atom. The monoisotopic (exact) mass is 439 g/mol. The van der Waals surface area contributed by atoms with E-state index >= 15 is 0 Å². The van der Waals surface area contributed by atoms with Crippen LogP contribution < -0.4 is 0 Å². The van der Waals surface area contributed by atoms with Gasteiger partial charge in [-0.1, -0.05) is 48.2 Å². The molecular weight excluding hydrogens is 414 g/mol. The molecule has 7 heteroatoms. The van der Waals surface area contributed by atoms with Gasteiger partial charge in [0.15, 0.2) is 0 Å². The van der Waals surface area contributed by atoms with Crippen LogP contribution >= 0.6 is 0 Å². The van der Waals surface area contributed by atoms with Crippen LogP contribution in [-0.4, -0.2) is 41.1 Å². The van der Waals surface area contributed by atoms with Gasteiger partial charge in [0.1, 0.15) is 30.1 Å². The molecule has 0 spiro atoms. The minimum atomic E-state index is -0.727. The molecule has 4 aromatic rings. The Bertz CT molecular complexity index is 1270. The summed E-state index contributed by atoms with van der Waals surface area (Å²) in [5, 5.41) is 27.8. The van der Waals surface area contributed by atoms with Crippen molar-refractivity contribution in [2.75, 3.05) is 6.61 Å². The third kappa shape index (κ3) is 4.31. The fraction of sp³-hybridized carbons (Fsp3) is 0.269. The lowest BCUT2D eigenvalue weighted by Crippen LogP contribution is -2.15. The molecule has 2 N–H and O–H groups in total. The Balaban J connectivity index is 1.28. The van der Waals surface area contributed by atoms with Crippen LogP contribution in [-0.2, 0) is 13.0 Å². The zero-order valence-electron chi connectivity index (χ0n) is 18.3. The van der Waals surface area contributed by atoms with E-state index < -0.39 is 12.1 Å². The molecular formula is C26H25N5O2. The zero-order valence-corrected chi connectivity index (χ0v) is 18.3. The lowest BCUT2D eigenvalue weighted by Gasteiger charge is -2.14. The van der Waals surface area contributed by atoms with E-state index in [-0.39, 0.29) is 6.61 Å². The van der Waals surface area contributed by atoms with Gasteiger partial charge < -0.3 is 19.3 Å². The maximum absolute atomic E-state index is 9.85. The molecule has 3 heterocycles. The Kier molecular flexibility index (Phi) is 5.78. The maximum Gasteiger partial charge on any atom is 0.138 e. The van der Waals surface area contributed by atoms with Gasteiger partial charge in [-0.2, -0.15) is 0 Å². The van der Waals surface area contributed by atoms with Crippen molar-refractivity contribution in [3.63, 3.8) is 0 Å². The first kappa shape index (κ1) is 21.1. The number of nitrogens with zero attached hydrogens (tertiary/aromatic N) is 5. The molecule has 0 unspecified atom stereocenters. The summed E-state index contributed by atoms with van der Waals surface area (Å²) in [7, 11) is 0. The predicted octanol–water partition coefficient (Wildman–Crippen LogP) is 3.12. The van der Waals surface area contributed by atoms with Gasteiger partial charge in [-0.3, -0.25) is 0 Å². The van der Waals surface area contributed by atoms with Gasteiger partial charge in [-0.15, -0.1) is 10.2 Å². The Labute approximate surface area is 192 Å². The van der Waals surface area contributed by atoms with Crippen LogP contribution in [0.3, 0.4) is 0 Å². The highest BCUT2D eigenvalue weighted by molar-refractivity contribution is 5.64. The first-order valence-electron chi connectivity index (χ1n) is 11.0. The minimum absolute atomic E-state index is 0.160. The van der Waals surface area contributed by atoms with E-state index in [4.69, 9.17) is 0 Å². The van der Waals surface area contributed by atoms with Crippen molar-refractivity contribution < 1.29 is 10.2 Å². The molecule has 7 nitrogen and oxygen atoms in total. The summed E-state index contributed by atoms with van der Waals surface area (Å²) >= 11 is 0. The highest BCUT2D eigenvalue weighted by Gasteiger charge is 2.24. The van der Waals surface area contributed by atoms with Gasteiger partial charge >= 0.3 is 0 Å². The Morgan fingerprint density at radius 3 is 2.48 bits per heavy atom. The molecule has 3 atom stereocenters. The number of aliphatic hydroxyl groups excluding tert-OH is 2. The Morgan fingerprint density at radius 1 is 1.09 bits per heavy atom. The zero-order chi connectivity index (χ0) is 22.8. The summed E-state index contributed by atoms with van der Waals surface area (Å²) in [6.45, 7) is 2.42. The smallest absolute Gasteiger partial charge is 0.138 e. The van der Waals surface area contributed by atoms with Crippen molar-refractivity contribution in [3.8, 4) is 23.0 Å². The number of hydrogen-bond acceptors (Lipinski definition) is 5. The van der Waals surface area contributed by atoms with Crippen LogP contribution in [0, 0.1) is 11.8 Å². The van der Waals surface area contributed by atoms with Crippen molar-refractivity contribution in [3.05, 3.63) is 90.0 Å². The minimum Gasteiger partial charge on any atom is -0.393 e. The van der Waals surface area contributed by atoms with Crippen molar-refractivity contribution >= 4 is 0 Å². The third-order valence-corrected chi connectivity index (χ3v) is 6.11. The van der Waals surface area contributed by atoms with Crippen molar-refractivity contribution in [1.82, 2.24) is 24.3 Å². The lowest BCUT2D eigenvalue weighted by molar-refractivity contribution is 0.176. The van der Waals surface area contributed by atoms with Gasteiger partial charge in [-0.25, -0.2) is 4.98 Å². The summed E-state index contributed by atoms with van der Waals surface area (Å²) in [5.74, 6) is 8.21. The third-order valence-electron chi connectivity index (χ3n) is 6.11. The highest BCUT2D eigenvalue weighted by Crippen LogP contribution is 2.30. The highest BCUT2D eigenvalue weighted by atomic mass is 16.3. The summed E-state index contributed by atoms with van der Waals surface area (Å²) in [5.41, 5.74) is 4.46. The molecule has 1 aliphatic rings. The molecule has 166 valence electrons. The second-order valence-electron chi connectivity index (χ2n) is 8.34. The van der Waals surface area contributed by atoms with Crippen LogP contribution in [0.5, 0.6) is 0 Å². The van der Waals surface area contributed by atoms with Crippen LogP contribution in [0.15, 0.2) is 67.3 Å². The summed E-state index contributed by atoms with van der Waals surface area (Å²) in [6.07, 6.45) is 5.33. The van der Waals surface area contributed by atoms with Crippen molar-refractivity contribution in [2.24, 2.45) is 0 Å². The van der Waals surface area contributed by atoms with Crippen molar-refractivity contribution in [2.45, 2.75) is 38.0 Å². The van der Waals surface area contributed by atoms with E-state index in [1.54, 1.807) is 30.2 Å². The molecule has 0 saturated heterocycles. The van der Waals surface area contributed by atoms with Gasteiger partial charge in [0, 0.05) is 36.8 Å². The van der Waals surface area contributed by atoms with E-state index in [2.05, 4.69) is 68.0 Å². The average molecular weight is 440 g/mol. The molecule has 0 bridgehead atoms. The predicted molar refractivity (Wildman–Crippen MR) is 124 cm³/mol. The van der Waals surface area contributed by atoms with E-state index in [0.717, 1.165) is 35.5 Å². The molecule has 0 saturated carbocycles. The molecule has 0 radical (unpaired) electrons. The van der Waals surface area contributed by atoms with Gasteiger partial charge in [0.05, 0.1) is 6.61 Å². The fourth-order valence-corrected chi connectivity index (χ4v) is 4.31. The number of hydrogen-bond donors (Lipinski definition) is 2. The summed E-state index contributed by atoms with van der Waals surface area (Å²) in [6, 6.07) is 16.3. The van der Waals surface area contributed by atoms with E-state index in [0.29, 0.717) is 11.7 Å². The van der Waals surface area contributed by atoms with Crippen LogP contribution in [0.2, 0.25) is 0 Å². The fourth-order valence-electron chi connectivity index (χ4n) is 4.31. The Hall–Kier alpha value is -3.73. The average Bonchev–Trinajstić information content (AvgIpc) is 3.57. The van der Waals surface area contributed by atoms with E-state index in [1.807, 2.05) is 12.1 Å². The first-order chi connectivity index (χ1) is 16.1. The molecule has 2 aromatic carbocycles. The largest absolute Gasteiger partial charge is 0.393 e. The molecule has 1 aliphatic heterocycles. The standard InChI is InChI=1S/C26H25N5O2/c1-18(33)26-27-12-13-31(26)24(16-32)11-4-19-2-5-20(6-3-19)21-7-9-22(10-8-21)23-14-25-29-28-17-30(25)15-23/h2-3,5-10,12-13,17-18,23-24,32-33H,14-16H2,1H3/t18-,23-,24-/m0/s1. The molecule has 5 rings (SSSR count). The number of aliphatic hydroxyl groups is 2. The molecule has 33 heavy (non-hydrogen) atoms. The van der Waals surface area contributed by atoms with Gasteiger partial charge in [-0.05, 0) is 35.7 Å². The van der Waals surface area contributed by atoms with Crippen LogP contribution in [0.4, 0.5) is 0 Å². The van der Waals surface area contributed by atoms with Gasteiger partial charge in [0.25, 0.3) is 0 Å². The van der Waals surface area contributed by atoms with Crippen LogP contribution in [0.25, 0.3) is 11.1 Å². The number of rotatable bonds is 5. The molecule has 0 fully saturated rings. The number of imidazole rings is 1. The summed E-state index contributed by atoms with van der Waals surface area (Å²) in [4.78, 5) is 4.15. The SMILES string of the molecule is C[C@H](O)c1nccn1[C@@H](C#Cc1ccc(-c2ccc([C@H]3Cc4nncn4C3)cc2)cc1)CO. The number of aromatic nitrogens is 5.